The summed E-state index contributed by atoms with van der Waals surface area (Å²) in [7, 11) is 2.11. The Bertz CT molecular complexity index is 1510. The number of nitrogens with zero attached hydrogens (tertiary/aromatic N) is 4. The van der Waals surface area contributed by atoms with Crippen LogP contribution in [0.5, 0.6) is 11.5 Å². The van der Waals surface area contributed by atoms with E-state index < -0.39 is 11.6 Å². The Morgan fingerprint density at radius 1 is 1.11 bits per heavy atom. The zero-order valence-electron chi connectivity index (χ0n) is 19.5. The molecule has 0 bridgehead atoms. The zero-order valence-corrected chi connectivity index (χ0v) is 19.5. The molecule has 1 saturated heterocycles. The number of pyridine rings is 2. The van der Waals surface area contributed by atoms with Crippen molar-refractivity contribution in [3.8, 4) is 22.9 Å². The molecule has 7 rings (SSSR count). The third-order valence-corrected chi connectivity index (χ3v) is 7.79. The number of fused-ring (bicyclic) bond motifs is 5. The summed E-state index contributed by atoms with van der Waals surface area (Å²) in [6, 6.07) is 5.62. The van der Waals surface area contributed by atoms with Crippen LogP contribution in [0.25, 0.3) is 22.3 Å². The van der Waals surface area contributed by atoms with Crippen molar-refractivity contribution in [2.24, 2.45) is 0 Å². The SMILES string of the molecule is CC[C@@]1(O)C(=O)OCc2c1cc1n(c2=O)Cc2c-1nc1c(N3CCN(C)CC3)ccc3c1c2OO3. The first-order valence-corrected chi connectivity index (χ1v) is 11.9. The number of anilines is 1. The molecule has 0 unspecified atom stereocenters. The van der Waals surface area contributed by atoms with Crippen molar-refractivity contribution in [2.45, 2.75) is 32.1 Å². The first-order chi connectivity index (χ1) is 16.9. The topological polar surface area (TPSA) is 106 Å². The molecule has 0 radical (unpaired) electrons. The molecule has 4 aliphatic rings. The number of hydrogen-bond donors (Lipinski definition) is 1. The third-order valence-electron chi connectivity index (χ3n) is 7.79. The number of ether oxygens (including phenoxy) is 1. The second-order valence-corrected chi connectivity index (χ2v) is 9.63. The van der Waals surface area contributed by atoms with Crippen molar-refractivity contribution >= 4 is 22.6 Å². The number of hydrogen-bond acceptors (Lipinski definition) is 9. The fourth-order valence-corrected chi connectivity index (χ4v) is 5.65. The van der Waals surface area contributed by atoms with E-state index in [0.29, 0.717) is 34.0 Å². The van der Waals surface area contributed by atoms with Crippen molar-refractivity contribution < 1.29 is 24.4 Å². The Balaban J connectivity index is 1.47. The van der Waals surface area contributed by atoms with Gasteiger partial charge in [-0.1, -0.05) is 6.92 Å². The first-order valence-electron chi connectivity index (χ1n) is 11.9. The molecule has 0 aliphatic carbocycles. The second kappa shape index (κ2) is 6.96. The summed E-state index contributed by atoms with van der Waals surface area (Å²) in [4.78, 5) is 46.8. The van der Waals surface area contributed by atoms with Crippen LogP contribution in [0.3, 0.4) is 0 Å². The number of rotatable bonds is 2. The van der Waals surface area contributed by atoms with Crippen LogP contribution in [0.15, 0.2) is 23.0 Å². The summed E-state index contributed by atoms with van der Waals surface area (Å²) < 4.78 is 6.77. The van der Waals surface area contributed by atoms with Crippen molar-refractivity contribution in [1.29, 1.82) is 0 Å². The van der Waals surface area contributed by atoms with Gasteiger partial charge in [-0.15, -0.1) is 0 Å². The summed E-state index contributed by atoms with van der Waals surface area (Å²) in [5.74, 6) is 0.430. The molecule has 1 aromatic carbocycles. The summed E-state index contributed by atoms with van der Waals surface area (Å²) in [5, 5.41) is 11.9. The minimum atomic E-state index is -1.86. The summed E-state index contributed by atoms with van der Waals surface area (Å²) in [6.07, 6.45) is 0.0961. The van der Waals surface area contributed by atoms with E-state index in [1.807, 2.05) is 12.1 Å². The first kappa shape index (κ1) is 20.7. The molecule has 2 aromatic heterocycles. The molecule has 10 nitrogen and oxygen atoms in total. The number of cyclic esters (lactones) is 1. The van der Waals surface area contributed by atoms with Gasteiger partial charge in [-0.25, -0.2) is 9.78 Å². The van der Waals surface area contributed by atoms with Gasteiger partial charge in [0, 0.05) is 37.3 Å². The van der Waals surface area contributed by atoms with E-state index in [9.17, 15) is 14.7 Å². The van der Waals surface area contributed by atoms with Crippen LogP contribution in [0.4, 0.5) is 5.69 Å². The van der Waals surface area contributed by atoms with E-state index in [0.717, 1.165) is 48.3 Å². The molecule has 3 aromatic rings. The molecule has 1 atom stereocenters. The molecule has 4 aliphatic heterocycles. The van der Waals surface area contributed by atoms with Gasteiger partial charge in [-0.2, -0.15) is 0 Å². The van der Waals surface area contributed by atoms with Crippen LogP contribution in [-0.2, 0) is 28.3 Å². The van der Waals surface area contributed by atoms with Gasteiger partial charge in [0.2, 0.25) is 0 Å². The van der Waals surface area contributed by atoms with Gasteiger partial charge in [0.1, 0.15) is 12.1 Å². The molecule has 6 heterocycles. The van der Waals surface area contributed by atoms with Crippen molar-refractivity contribution in [3.05, 3.63) is 45.2 Å². The number of carbonyl (C=O) groups excluding carboxylic acids is 1. The highest BCUT2D eigenvalue weighted by molar-refractivity contribution is 6.03. The highest BCUT2D eigenvalue weighted by Crippen LogP contribution is 2.49. The molecule has 180 valence electrons. The van der Waals surface area contributed by atoms with Gasteiger partial charge in [0.25, 0.3) is 5.56 Å². The quantitative estimate of drug-likeness (QED) is 0.340. The predicted octanol–water partition coefficient (Wildman–Crippen LogP) is 1.52. The Morgan fingerprint density at radius 2 is 1.91 bits per heavy atom. The van der Waals surface area contributed by atoms with Gasteiger partial charge < -0.3 is 24.2 Å². The number of aromatic nitrogens is 2. The van der Waals surface area contributed by atoms with E-state index in [1.165, 1.54) is 0 Å². The van der Waals surface area contributed by atoms with Crippen LogP contribution >= 0.6 is 0 Å². The van der Waals surface area contributed by atoms with Crippen LogP contribution in [-0.4, -0.2) is 58.8 Å². The summed E-state index contributed by atoms with van der Waals surface area (Å²) in [5.41, 5.74) is 2.06. The predicted molar refractivity (Wildman–Crippen MR) is 125 cm³/mol. The van der Waals surface area contributed by atoms with Crippen molar-refractivity contribution in [2.75, 3.05) is 38.1 Å². The smallest absolute Gasteiger partial charge is 0.343 e. The van der Waals surface area contributed by atoms with Crippen LogP contribution < -0.4 is 20.2 Å². The number of piperazine rings is 1. The zero-order chi connectivity index (χ0) is 24.1. The largest absolute Gasteiger partial charge is 0.458 e. The molecule has 10 heteroatoms. The standard InChI is InChI=1S/C25H24N4O6/c1-3-25(32)15-10-17-20-13(11-29(17)23(30)14(15)12-33-24(25)31)22-19-18(34-35-22)5-4-16(21(19)26-20)28-8-6-27(2)7-9-28/h4-5,10,32H,3,6-9,11-12H2,1-2H3/t25-/m0/s1. The lowest BCUT2D eigenvalue weighted by Gasteiger charge is -2.34. The Hall–Kier alpha value is -3.63. The minimum Gasteiger partial charge on any atom is -0.458 e. The Kier molecular flexibility index (Phi) is 4.12. The minimum absolute atomic E-state index is 0.0961. The van der Waals surface area contributed by atoms with Crippen LogP contribution in [0.2, 0.25) is 0 Å². The number of likely N-dealkylation sites (N-methyl/N-ethyl adjacent to an activating group) is 1. The maximum Gasteiger partial charge on any atom is 0.343 e. The molecule has 0 saturated carbocycles. The second-order valence-electron chi connectivity index (χ2n) is 9.63. The third kappa shape index (κ3) is 2.63. The maximum absolute atomic E-state index is 13.5. The van der Waals surface area contributed by atoms with Crippen LogP contribution in [0.1, 0.15) is 30.0 Å². The number of esters is 1. The van der Waals surface area contributed by atoms with Gasteiger partial charge >= 0.3 is 5.97 Å². The fraction of sp³-hybridized carbons (Fsp3) is 0.400. The average molecular weight is 476 g/mol. The molecule has 1 N–H and O–H groups in total. The van der Waals surface area contributed by atoms with Gasteiger partial charge in [0.15, 0.2) is 17.1 Å². The van der Waals surface area contributed by atoms with E-state index in [4.69, 9.17) is 19.5 Å². The lowest BCUT2D eigenvalue weighted by Crippen LogP contribution is -2.44. The molecule has 35 heavy (non-hydrogen) atoms. The van der Waals surface area contributed by atoms with E-state index in [-0.39, 0.29) is 25.1 Å². The highest BCUT2D eigenvalue weighted by Gasteiger charge is 2.46. The van der Waals surface area contributed by atoms with Crippen molar-refractivity contribution in [1.82, 2.24) is 14.5 Å². The molecule has 0 spiro atoms. The number of carbonyl (C=O) groups is 1. The fourth-order valence-electron chi connectivity index (χ4n) is 5.65. The lowest BCUT2D eigenvalue weighted by atomic mass is 9.86. The molecule has 1 fully saturated rings. The molecular formula is C25H24N4O6. The van der Waals surface area contributed by atoms with Gasteiger partial charge in [0.05, 0.1) is 34.6 Å². The molecule has 0 amide bonds. The normalized spacial score (nSPS) is 22.4. The summed E-state index contributed by atoms with van der Waals surface area (Å²) >= 11 is 0. The molecular weight excluding hydrogens is 452 g/mol. The summed E-state index contributed by atoms with van der Waals surface area (Å²) in [6.45, 7) is 5.43. The van der Waals surface area contributed by atoms with Crippen molar-refractivity contribution in [3.63, 3.8) is 0 Å². The highest BCUT2D eigenvalue weighted by atomic mass is 17.2. The van der Waals surface area contributed by atoms with E-state index >= 15 is 0 Å². The lowest BCUT2D eigenvalue weighted by molar-refractivity contribution is -0.172. The number of benzene rings is 1. The van der Waals surface area contributed by atoms with Crippen LogP contribution in [0, 0.1) is 0 Å². The average Bonchev–Trinajstić information content (AvgIpc) is 3.46. The van der Waals surface area contributed by atoms with E-state index in [1.54, 1.807) is 17.6 Å². The number of aliphatic hydroxyl groups is 1. The Labute approximate surface area is 200 Å². The van der Waals surface area contributed by atoms with E-state index in [2.05, 4.69) is 16.8 Å². The monoisotopic (exact) mass is 476 g/mol. The Morgan fingerprint density at radius 3 is 2.69 bits per heavy atom. The maximum atomic E-state index is 13.5. The van der Waals surface area contributed by atoms with Gasteiger partial charge in [-0.05, 0) is 31.7 Å². The van der Waals surface area contributed by atoms with Gasteiger partial charge in [-0.3, -0.25) is 14.6 Å².